The van der Waals surface area contributed by atoms with Crippen LogP contribution < -0.4 is 5.73 Å². The minimum atomic E-state index is -0.944. The summed E-state index contributed by atoms with van der Waals surface area (Å²) >= 11 is 1.46. The molecule has 0 aliphatic carbocycles. The van der Waals surface area contributed by atoms with Crippen molar-refractivity contribution in [2.75, 3.05) is 17.4 Å². The van der Waals surface area contributed by atoms with Gasteiger partial charge in [-0.2, -0.15) is 0 Å². The summed E-state index contributed by atoms with van der Waals surface area (Å²) in [5.74, 6) is -0.213. The number of carboxylic acid groups (broad SMARTS) is 1. The topological polar surface area (TPSA) is 83.6 Å². The van der Waals surface area contributed by atoms with E-state index in [9.17, 15) is 9.59 Å². The number of rotatable bonds is 3. The third-order valence-corrected chi connectivity index (χ3v) is 3.81. The summed E-state index contributed by atoms with van der Waals surface area (Å²) in [7, 11) is 0. The average molecular weight is 266 g/mol. The molecule has 1 heterocycles. The Bertz CT molecular complexity index is 478. The van der Waals surface area contributed by atoms with Crippen LogP contribution in [0.3, 0.4) is 0 Å². The van der Waals surface area contributed by atoms with E-state index in [1.54, 1.807) is 18.2 Å². The molecule has 1 aromatic carbocycles. The van der Waals surface area contributed by atoms with E-state index < -0.39 is 12.0 Å². The van der Waals surface area contributed by atoms with Gasteiger partial charge in [0.2, 0.25) is 5.91 Å². The number of hydrogen-bond acceptors (Lipinski definition) is 4. The Balaban J connectivity index is 2.06. The Morgan fingerprint density at radius 1 is 1.50 bits per heavy atom. The van der Waals surface area contributed by atoms with E-state index in [2.05, 4.69) is 0 Å². The number of nitrogens with zero attached hydrogens (tertiary/aromatic N) is 1. The molecule has 0 unspecified atom stereocenters. The fourth-order valence-electron chi connectivity index (χ4n) is 1.87. The molecule has 1 aromatic rings. The molecule has 18 heavy (non-hydrogen) atoms. The number of aliphatic carboxylic acids is 1. The maximum atomic E-state index is 12.0. The Hall–Kier alpha value is -1.69. The molecule has 2 rings (SSSR count). The molecule has 1 fully saturated rings. The van der Waals surface area contributed by atoms with Crippen molar-refractivity contribution in [2.45, 2.75) is 12.5 Å². The van der Waals surface area contributed by atoms with Crippen molar-refractivity contribution in [1.29, 1.82) is 0 Å². The molecule has 1 saturated heterocycles. The Morgan fingerprint density at radius 3 is 2.94 bits per heavy atom. The molecule has 6 heteroatoms. The van der Waals surface area contributed by atoms with Gasteiger partial charge in [0.05, 0.1) is 12.3 Å². The molecule has 0 radical (unpaired) electrons. The maximum Gasteiger partial charge on any atom is 0.327 e. The number of carboxylic acids is 1. The highest BCUT2D eigenvalue weighted by Gasteiger charge is 2.34. The van der Waals surface area contributed by atoms with Gasteiger partial charge in [0.25, 0.3) is 0 Å². The first-order valence-corrected chi connectivity index (χ1v) is 6.68. The first-order valence-electron chi connectivity index (χ1n) is 5.52. The van der Waals surface area contributed by atoms with Crippen molar-refractivity contribution in [3.05, 3.63) is 29.8 Å². The normalized spacial score (nSPS) is 18.9. The van der Waals surface area contributed by atoms with Crippen LogP contribution in [0.15, 0.2) is 24.3 Å². The predicted molar refractivity (Wildman–Crippen MR) is 70.2 cm³/mol. The molecule has 1 aliphatic heterocycles. The van der Waals surface area contributed by atoms with Crippen LogP contribution in [0.25, 0.3) is 0 Å². The second-order valence-electron chi connectivity index (χ2n) is 4.14. The summed E-state index contributed by atoms with van der Waals surface area (Å²) in [6, 6.07) is 6.37. The van der Waals surface area contributed by atoms with Crippen molar-refractivity contribution in [2.24, 2.45) is 0 Å². The van der Waals surface area contributed by atoms with E-state index in [4.69, 9.17) is 10.8 Å². The molecule has 0 bridgehead atoms. The fraction of sp³-hybridized carbons (Fsp3) is 0.333. The lowest BCUT2D eigenvalue weighted by molar-refractivity contribution is -0.147. The van der Waals surface area contributed by atoms with E-state index >= 15 is 0 Å². The number of amides is 1. The first-order chi connectivity index (χ1) is 8.58. The number of carbonyl (C=O) groups is 2. The summed E-state index contributed by atoms with van der Waals surface area (Å²) in [5.41, 5.74) is 7.05. The van der Waals surface area contributed by atoms with E-state index in [1.165, 1.54) is 16.7 Å². The molecule has 5 nitrogen and oxygen atoms in total. The van der Waals surface area contributed by atoms with Crippen LogP contribution in [-0.4, -0.2) is 39.6 Å². The first kappa shape index (κ1) is 12.8. The number of hydrogen-bond donors (Lipinski definition) is 2. The Labute approximate surface area is 109 Å². The second kappa shape index (κ2) is 5.30. The Kier molecular flexibility index (Phi) is 3.76. The van der Waals surface area contributed by atoms with Crippen molar-refractivity contribution in [1.82, 2.24) is 4.90 Å². The van der Waals surface area contributed by atoms with Gasteiger partial charge in [0.15, 0.2) is 0 Å². The average Bonchev–Trinajstić information content (AvgIpc) is 2.77. The molecule has 1 aliphatic rings. The van der Waals surface area contributed by atoms with Gasteiger partial charge >= 0.3 is 5.97 Å². The van der Waals surface area contributed by atoms with Crippen LogP contribution in [0.2, 0.25) is 0 Å². The van der Waals surface area contributed by atoms with Crippen LogP contribution in [0.5, 0.6) is 0 Å². The molecular weight excluding hydrogens is 252 g/mol. The highest BCUT2D eigenvalue weighted by Crippen LogP contribution is 2.22. The van der Waals surface area contributed by atoms with Gasteiger partial charge in [0.1, 0.15) is 6.04 Å². The van der Waals surface area contributed by atoms with Crippen molar-refractivity contribution >= 4 is 29.3 Å². The standard InChI is InChI=1S/C12H14N2O3S/c13-9-3-1-2-8(4-9)5-11(15)14-7-18-6-10(14)12(16)17/h1-4,10H,5-7,13H2,(H,16,17)/t10-/m0/s1. The smallest absolute Gasteiger partial charge is 0.327 e. The van der Waals surface area contributed by atoms with Crippen LogP contribution in [0.1, 0.15) is 5.56 Å². The minimum absolute atomic E-state index is 0.169. The van der Waals surface area contributed by atoms with Gasteiger partial charge in [-0.25, -0.2) is 4.79 Å². The summed E-state index contributed by atoms with van der Waals surface area (Å²) in [4.78, 5) is 24.5. The van der Waals surface area contributed by atoms with Crippen molar-refractivity contribution in [3.63, 3.8) is 0 Å². The minimum Gasteiger partial charge on any atom is -0.480 e. The molecule has 3 N–H and O–H groups in total. The zero-order valence-electron chi connectivity index (χ0n) is 9.70. The van der Waals surface area contributed by atoms with Gasteiger partial charge in [0, 0.05) is 11.4 Å². The van der Waals surface area contributed by atoms with Crippen LogP contribution in [-0.2, 0) is 16.0 Å². The summed E-state index contributed by atoms with van der Waals surface area (Å²) in [6.45, 7) is 0. The number of anilines is 1. The summed E-state index contributed by atoms with van der Waals surface area (Å²) in [5, 5.41) is 9.02. The number of carbonyl (C=O) groups excluding carboxylic acids is 1. The number of nitrogens with two attached hydrogens (primary N) is 1. The summed E-state index contributed by atoms with van der Waals surface area (Å²) in [6.07, 6.45) is 0.190. The lowest BCUT2D eigenvalue weighted by Crippen LogP contribution is -2.42. The molecule has 0 saturated carbocycles. The largest absolute Gasteiger partial charge is 0.480 e. The predicted octanol–water partition coefficient (Wildman–Crippen LogP) is 0.797. The van der Waals surface area contributed by atoms with E-state index in [0.717, 1.165) is 5.56 Å². The quantitative estimate of drug-likeness (QED) is 0.790. The highest BCUT2D eigenvalue weighted by molar-refractivity contribution is 7.99. The van der Waals surface area contributed by atoms with Crippen LogP contribution in [0, 0.1) is 0 Å². The lowest BCUT2D eigenvalue weighted by Gasteiger charge is -2.20. The third-order valence-electron chi connectivity index (χ3n) is 2.79. The van der Waals surface area contributed by atoms with Crippen LogP contribution >= 0.6 is 11.8 Å². The molecule has 1 amide bonds. The van der Waals surface area contributed by atoms with Crippen molar-refractivity contribution in [3.8, 4) is 0 Å². The maximum absolute atomic E-state index is 12.0. The number of thioether (sulfide) groups is 1. The zero-order chi connectivity index (χ0) is 13.1. The summed E-state index contributed by atoms with van der Waals surface area (Å²) < 4.78 is 0. The highest BCUT2D eigenvalue weighted by atomic mass is 32.2. The van der Waals surface area contributed by atoms with Gasteiger partial charge in [-0.1, -0.05) is 12.1 Å². The number of benzene rings is 1. The lowest BCUT2D eigenvalue weighted by atomic mass is 10.1. The Morgan fingerprint density at radius 2 is 2.28 bits per heavy atom. The molecular formula is C12H14N2O3S. The van der Waals surface area contributed by atoms with E-state index in [1.807, 2.05) is 6.07 Å². The SMILES string of the molecule is Nc1cccc(CC(=O)N2CSC[C@H]2C(=O)O)c1. The fourth-order valence-corrected chi connectivity index (χ4v) is 3.04. The molecule has 96 valence electrons. The molecule has 0 spiro atoms. The van der Waals surface area contributed by atoms with E-state index in [0.29, 0.717) is 17.3 Å². The van der Waals surface area contributed by atoms with Gasteiger partial charge in [-0.05, 0) is 17.7 Å². The van der Waals surface area contributed by atoms with Crippen molar-refractivity contribution < 1.29 is 14.7 Å². The monoisotopic (exact) mass is 266 g/mol. The van der Waals surface area contributed by atoms with Gasteiger partial charge in [-0.3, -0.25) is 4.79 Å². The zero-order valence-corrected chi connectivity index (χ0v) is 10.5. The van der Waals surface area contributed by atoms with Crippen LogP contribution in [0.4, 0.5) is 5.69 Å². The molecule has 1 atom stereocenters. The van der Waals surface area contributed by atoms with E-state index in [-0.39, 0.29) is 12.3 Å². The molecule has 0 aromatic heterocycles. The number of nitrogen functional groups attached to an aromatic ring is 1. The van der Waals surface area contributed by atoms with Gasteiger partial charge in [-0.15, -0.1) is 11.8 Å². The second-order valence-corrected chi connectivity index (χ2v) is 5.14. The third kappa shape index (κ3) is 2.76. The van der Waals surface area contributed by atoms with Gasteiger partial charge < -0.3 is 15.7 Å².